The van der Waals surface area contributed by atoms with Crippen LogP contribution in [0.25, 0.3) is 10.2 Å². The molecule has 0 unspecified atom stereocenters. The number of amides is 4. The number of carbonyl (C=O) groups is 3. The topological polar surface area (TPSA) is 82.6 Å². The summed E-state index contributed by atoms with van der Waals surface area (Å²) in [5, 5.41) is 3.43. The number of aromatic nitrogens is 1. The molecule has 0 bridgehead atoms. The zero-order valence-corrected chi connectivity index (χ0v) is 16.1. The molecule has 142 valence electrons. The molecule has 1 N–H and O–H groups in total. The van der Waals surface area contributed by atoms with Gasteiger partial charge < -0.3 is 5.32 Å². The Labute approximate surface area is 161 Å². The molecule has 0 radical (unpaired) electrons. The number of imide groups is 1. The number of thiazole rings is 1. The van der Waals surface area contributed by atoms with E-state index in [1.807, 2.05) is 31.2 Å². The first kappa shape index (κ1) is 17.9. The summed E-state index contributed by atoms with van der Waals surface area (Å²) in [7, 11) is 0. The maximum Gasteiger partial charge on any atom is 0.325 e. The number of nitrogens with one attached hydrogen (secondary N) is 1. The van der Waals surface area contributed by atoms with Crippen molar-refractivity contribution in [3.8, 4) is 0 Å². The smallest absolute Gasteiger partial charge is 0.323 e. The van der Waals surface area contributed by atoms with Gasteiger partial charge in [0.05, 0.1) is 10.2 Å². The minimum Gasteiger partial charge on any atom is -0.323 e. The first-order valence-electron chi connectivity index (χ1n) is 9.34. The predicted octanol–water partition coefficient (Wildman–Crippen LogP) is 2.90. The molecule has 1 saturated heterocycles. The van der Waals surface area contributed by atoms with Crippen LogP contribution in [-0.2, 0) is 9.59 Å². The maximum atomic E-state index is 12.9. The highest BCUT2D eigenvalue weighted by Gasteiger charge is 2.51. The standard InChI is InChI=1S/C19H22N4O3S/c1-2-22(18-20-13-8-4-5-9-14(13)27-18)15(24)12-23-16(25)19(21-17(23)26)10-6-3-7-11-19/h4-5,8-9H,2-3,6-7,10-12H2,1H3,(H,21,26). The van der Waals surface area contributed by atoms with E-state index in [1.165, 1.54) is 16.2 Å². The summed E-state index contributed by atoms with van der Waals surface area (Å²) in [6, 6.07) is 7.23. The fraction of sp³-hybridized carbons (Fsp3) is 0.474. The van der Waals surface area contributed by atoms with Crippen LogP contribution in [0.3, 0.4) is 0 Å². The zero-order chi connectivity index (χ0) is 19.0. The molecule has 4 amide bonds. The van der Waals surface area contributed by atoms with Gasteiger partial charge in [-0.05, 0) is 31.9 Å². The Morgan fingerprint density at radius 3 is 2.70 bits per heavy atom. The Morgan fingerprint density at radius 1 is 1.26 bits per heavy atom. The van der Waals surface area contributed by atoms with Crippen molar-refractivity contribution in [2.24, 2.45) is 0 Å². The van der Waals surface area contributed by atoms with Crippen LogP contribution in [0.5, 0.6) is 0 Å². The molecule has 1 saturated carbocycles. The number of fused-ring (bicyclic) bond motifs is 1. The summed E-state index contributed by atoms with van der Waals surface area (Å²) in [5.41, 5.74) is 0.0302. The van der Waals surface area contributed by atoms with Crippen molar-refractivity contribution in [2.45, 2.75) is 44.6 Å². The number of anilines is 1. The van der Waals surface area contributed by atoms with E-state index in [-0.39, 0.29) is 18.4 Å². The number of carbonyl (C=O) groups excluding carboxylic acids is 3. The second-order valence-corrected chi connectivity index (χ2v) is 8.08. The van der Waals surface area contributed by atoms with Crippen LogP contribution in [-0.4, -0.2) is 46.4 Å². The molecule has 27 heavy (non-hydrogen) atoms. The van der Waals surface area contributed by atoms with E-state index in [1.54, 1.807) is 0 Å². The quantitative estimate of drug-likeness (QED) is 0.819. The van der Waals surface area contributed by atoms with E-state index >= 15 is 0 Å². The first-order valence-corrected chi connectivity index (χ1v) is 10.2. The van der Waals surface area contributed by atoms with Crippen LogP contribution in [0.4, 0.5) is 9.93 Å². The van der Waals surface area contributed by atoms with Gasteiger partial charge in [0.2, 0.25) is 5.91 Å². The van der Waals surface area contributed by atoms with Crippen molar-refractivity contribution >= 4 is 44.5 Å². The van der Waals surface area contributed by atoms with Gasteiger partial charge in [0.15, 0.2) is 5.13 Å². The van der Waals surface area contributed by atoms with Gasteiger partial charge in [0.1, 0.15) is 12.1 Å². The van der Waals surface area contributed by atoms with Gasteiger partial charge in [-0.2, -0.15) is 0 Å². The molecule has 7 nitrogen and oxygen atoms in total. The van der Waals surface area contributed by atoms with Crippen LogP contribution in [0, 0.1) is 0 Å². The minimum absolute atomic E-state index is 0.254. The van der Waals surface area contributed by atoms with E-state index in [9.17, 15) is 14.4 Å². The molecule has 1 aromatic carbocycles. The molecule has 1 aliphatic heterocycles. The van der Waals surface area contributed by atoms with Crippen LogP contribution in [0.1, 0.15) is 39.0 Å². The molecule has 2 aliphatic rings. The number of nitrogens with zero attached hydrogens (tertiary/aromatic N) is 3. The Morgan fingerprint density at radius 2 is 2.00 bits per heavy atom. The second kappa shape index (κ2) is 6.92. The van der Waals surface area contributed by atoms with E-state index < -0.39 is 11.6 Å². The van der Waals surface area contributed by atoms with Crippen LogP contribution in [0.2, 0.25) is 0 Å². The summed E-state index contributed by atoms with van der Waals surface area (Å²) in [4.78, 5) is 45.3. The number of urea groups is 1. The lowest BCUT2D eigenvalue weighted by Crippen LogP contribution is -2.49. The third-order valence-corrected chi connectivity index (χ3v) is 6.44. The predicted molar refractivity (Wildman–Crippen MR) is 104 cm³/mol. The number of likely N-dealkylation sites (N-methyl/N-ethyl adjacent to an activating group) is 1. The number of hydrogen-bond acceptors (Lipinski definition) is 5. The van der Waals surface area contributed by atoms with E-state index in [0.717, 1.165) is 34.4 Å². The Kier molecular flexibility index (Phi) is 4.59. The summed E-state index contributed by atoms with van der Waals surface area (Å²) in [6.45, 7) is 2.03. The Bertz CT molecular complexity index is 870. The SMILES string of the molecule is CCN(C(=O)CN1C(=O)NC2(CCCCC2)C1=O)c1nc2ccccc2s1. The van der Waals surface area contributed by atoms with E-state index in [2.05, 4.69) is 10.3 Å². The third-order valence-electron chi connectivity index (χ3n) is 5.38. The monoisotopic (exact) mass is 386 g/mol. The van der Waals surface area contributed by atoms with Crippen LogP contribution >= 0.6 is 11.3 Å². The van der Waals surface area contributed by atoms with Crippen LogP contribution in [0.15, 0.2) is 24.3 Å². The van der Waals surface area contributed by atoms with Gasteiger partial charge in [0.25, 0.3) is 5.91 Å². The van der Waals surface area contributed by atoms with Gasteiger partial charge in [-0.1, -0.05) is 42.7 Å². The largest absolute Gasteiger partial charge is 0.325 e. The molecule has 1 spiro atoms. The molecule has 8 heteroatoms. The Balaban J connectivity index is 1.53. The zero-order valence-electron chi connectivity index (χ0n) is 15.2. The summed E-state index contributed by atoms with van der Waals surface area (Å²) >= 11 is 1.43. The molecule has 2 heterocycles. The lowest BCUT2D eigenvalue weighted by atomic mass is 9.82. The molecular weight excluding hydrogens is 364 g/mol. The van der Waals surface area contributed by atoms with Crippen molar-refractivity contribution in [1.82, 2.24) is 15.2 Å². The summed E-state index contributed by atoms with van der Waals surface area (Å²) < 4.78 is 0.995. The molecule has 2 aromatic rings. The van der Waals surface area contributed by atoms with E-state index in [4.69, 9.17) is 0 Å². The van der Waals surface area contributed by atoms with Crippen molar-refractivity contribution in [3.63, 3.8) is 0 Å². The number of benzene rings is 1. The van der Waals surface area contributed by atoms with Gasteiger partial charge in [-0.25, -0.2) is 9.78 Å². The van der Waals surface area contributed by atoms with Gasteiger partial charge in [-0.3, -0.25) is 19.4 Å². The molecular formula is C19H22N4O3S. The average molecular weight is 386 g/mol. The second-order valence-electron chi connectivity index (χ2n) is 7.07. The molecule has 2 fully saturated rings. The summed E-state index contributed by atoms with van der Waals surface area (Å²) in [6.07, 6.45) is 4.21. The Hall–Kier alpha value is -2.48. The number of para-hydroxylation sites is 1. The van der Waals surface area contributed by atoms with Crippen LogP contribution < -0.4 is 10.2 Å². The molecule has 4 rings (SSSR count). The van der Waals surface area contributed by atoms with Gasteiger partial charge in [0, 0.05) is 6.54 Å². The lowest BCUT2D eigenvalue weighted by Gasteiger charge is -2.30. The fourth-order valence-electron chi connectivity index (χ4n) is 3.93. The molecule has 1 aromatic heterocycles. The minimum atomic E-state index is -0.803. The van der Waals surface area contributed by atoms with E-state index in [0.29, 0.717) is 24.5 Å². The van der Waals surface area contributed by atoms with Gasteiger partial charge in [-0.15, -0.1) is 0 Å². The summed E-state index contributed by atoms with van der Waals surface area (Å²) in [5.74, 6) is -0.561. The van der Waals surface area contributed by atoms with Crippen molar-refractivity contribution in [3.05, 3.63) is 24.3 Å². The highest BCUT2D eigenvalue weighted by molar-refractivity contribution is 7.22. The normalized spacial score (nSPS) is 18.9. The lowest BCUT2D eigenvalue weighted by molar-refractivity contribution is -0.135. The molecule has 0 atom stereocenters. The highest BCUT2D eigenvalue weighted by Crippen LogP contribution is 2.34. The number of hydrogen-bond donors (Lipinski definition) is 1. The average Bonchev–Trinajstić information content (AvgIpc) is 3.18. The first-order chi connectivity index (χ1) is 13.0. The third kappa shape index (κ3) is 3.07. The maximum absolute atomic E-state index is 12.9. The molecule has 1 aliphatic carbocycles. The number of rotatable bonds is 4. The fourth-order valence-corrected chi connectivity index (χ4v) is 4.98. The van der Waals surface area contributed by atoms with Crippen molar-refractivity contribution < 1.29 is 14.4 Å². The van der Waals surface area contributed by atoms with Crippen molar-refractivity contribution in [1.29, 1.82) is 0 Å². The highest BCUT2D eigenvalue weighted by atomic mass is 32.1. The van der Waals surface area contributed by atoms with Crippen molar-refractivity contribution in [2.75, 3.05) is 18.0 Å². The van der Waals surface area contributed by atoms with Gasteiger partial charge >= 0.3 is 6.03 Å².